The Labute approximate surface area is 159 Å². The number of carbonyl (C=O) groups is 2. The van der Waals surface area contributed by atoms with Crippen molar-refractivity contribution in [2.75, 3.05) is 18.6 Å². The number of hydrogen-bond acceptors (Lipinski definition) is 6. The minimum atomic E-state index is -0.469. The zero-order valence-corrected chi connectivity index (χ0v) is 16.1. The fourth-order valence-corrected chi connectivity index (χ4v) is 3.74. The van der Waals surface area contributed by atoms with Crippen LogP contribution >= 0.6 is 11.3 Å². The van der Waals surface area contributed by atoms with Gasteiger partial charge in [0.2, 0.25) is 5.91 Å². The number of hydrogen-bond donors (Lipinski definition) is 0. The van der Waals surface area contributed by atoms with Crippen LogP contribution in [0.1, 0.15) is 22.2 Å². The Morgan fingerprint density at radius 3 is 2.63 bits per heavy atom. The van der Waals surface area contributed by atoms with Gasteiger partial charge in [-0.1, -0.05) is 18.2 Å². The molecule has 2 aromatic heterocycles. The number of amides is 1. The van der Waals surface area contributed by atoms with E-state index in [0.29, 0.717) is 20.7 Å². The molecular formula is C19H19N3O4S. The summed E-state index contributed by atoms with van der Waals surface area (Å²) in [6.45, 7) is 3.53. The molecular weight excluding hydrogens is 366 g/mol. The lowest BCUT2D eigenvalue weighted by Crippen LogP contribution is -2.34. The van der Waals surface area contributed by atoms with Gasteiger partial charge in [0.25, 0.3) is 5.56 Å². The molecule has 2 heterocycles. The molecule has 0 N–H and O–H groups in total. The smallest absolute Gasteiger partial charge is 0.348 e. The minimum Gasteiger partial charge on any atom is -0.462 e. The van der Waals surface area contributed by atoms with Gasteiger partial charge in [0, 0.05) is 12.7 Å². The molecule has 0 aliphatic carbocycles. The normalized spacial score (nSPS) is 10.8. The highest BCUT2D eigenvalue weighted by atomic mass is 32.1. The zero-order valence-electron chi connectivity index (χ0n) is 15.3. The minimum absolute atomic E-state index is 0.142. The molecule has 0 fully saturated rings. The highest BCUT2D eigenvalue weighted by Gasteiger charge is 2.21. The summed E-state index contributed by atoms with van der Waals surface area (Å²) in [5.41, 5.74) is 0.921. The van der Waals surface area contributed by atoms with Crippen molar-refractivity contribution in [2.45, 2.75) is 20.4 Å². The third-order valence-corrected chi connectivity index (χ3v) is 5.38. The molecule has 0 aliphatic rings. The van der Waals surface area contributed by atoms with Gasteiger partial charge >= 0.3 is 5.97 Å². The molecule has 1 aromatic carbocycles. The lowest BCUT2D eigenvalue weighted by Gasteiger charge is -2.17. The van der Waals surface area contributed by atoms with E-state index in [2.05, 4.69) is 4.98 Å². The summed E-state index contributed by atoms with van der Waals surface area (Å²) in [6, 6.07) is 9.17. The van der Waals surface area contributed by atoms with E-state index in [9.17, 15) is 14.4 Å². The van der Waals surface area contributed by atoms with Crippen molar-refractivity contribution in [3.63, 3.8) is 0 Å². The zero-order chi connectivity index (χ0) is 19.6. The van der Waals surface area contributed by atoms with E-state index in [0.717, 1.165) is 17.0 Å². The second-order valence-electron chi connectivity index (χ2n) is 5.92. The van der Waals surface area contributed by atoms with Crippen LogP contribution in [0, 0.1) is 6.92 Å². The van der Waals surface area contributed by atoms with Crippen molar-refractivity contribution >= 4 is 39.1 Å². The summed E-state index contributed by atoms with van der Waals surface area (Å²) in [5.74, 6) is -0.716. The number of rotatable bonds is 5. The molecule has 0 saturated heterocycles. The molecule has 0 spiro atoms. The summed E-state index contributed by atoms with van der Waals surface area (Å²) in [4.78, 5) is 44.0. The van der Waals surface area contributed by atoms with Gasteiger partial charge in [-0.3, -0.25) is 14.2 Å². The monoisotopic (exact) mass is 385 g/mol. The second-order valence-corrected chi connectivity index (χ2v) is 6.92. The molecule has 0 radical (unpaired) electrons. The first-order valence-corrected chi connectivity index (χ1v) is 9.23. The topological polar surface area (TPSA) is 81.5 Å². The van der Waals surface area contributed by atoms with Crippen molar-refractivity contribution in [1.82, 2.24) is 9.55 Å². The summed E-state index contributed by atoms with van der Waals surface area (Å²) >= 11 is 1.12. The molecule has 8 heteroatoms. The van der Waals surface area contributed by atoms with Crippen molar-refractivity contribution in [1.29, 1.82) is 0 Å². The number of likely N-dealkylation sites (N-methyl/N-ethyl adjacent to an activating group) is 1. The number of esters is 1. The number of thiophene rings is 1. The van der Waals surface area contributed by atoms with Crippen LogP contribution in [0.4, 0.5) is 5.69 Å². The fraction of sp³-hybridized carbons (Fsp3) is 0.263. The van der Waals surface area contributed by atoms with Gasteiger partial charge in [0.05, 0.1) is 18.3 Å². The Balaban J connectivity index is 1.93. The van der Waals surface area contributed by atoms with E-state index >= 15 is 0 Å². The van der Waals surface area contributed by atoms with E-state index < -0.39 is 5.97 Å². The molecule has 0 unspecified atom stereocenters. The number of fused-ring (bicyclic) bond motifs is 1. The number of aromatic nitrogens is 2. The number of aryl methyl sites for hydroxylation is 1. The molecule has 27 heavy (non-hydrogen) atoms. The van der Waals surface area contributed by atoms with Crippen LogP contribution in [0.15, 0.2) is 41.5 Å². The first-order chi connectivity index (χ1) is 12.9. The molecule has 0 atom stereocenters. The quantitative estimate of drug-likeness (QED) is 0.631. The predicted molar refractivity (Wildman–Crippen MR) is 104 cm³/mol. The van der Waals surface area contributed by atoms with Crippen molar-refractivity contribution < 1.29 is 14.3 Å². The number of benzene rings is 1. The fourth-order valence-electron chi connectivity index (χ4n) is 2.71. The van der Waals surface area contributed by atoms with Gasteiger partial charge in [0.15, 0.2) is 0 Å². The number of anilines is 1. The third kappa shape index (κ3) is 3.61. The summed E-state index contributed by atoms with van der Waals surface area (Å²) in [7, 11) is 1.66. The molecule has 3 rings (SSSR count). The van der Waals surface area contributed by atoms with Gasteiger partial charge < -0.3 is 9.64 Å². The maximum atomic E-state index is 12.8. The van der Waals surface area contributed by atoms with Gasteiger partial charge in [-0.15, -0.1) is 11.3 Å². The molecule has 3 aromatic rings. The van der Waals surface area contributed by atoms with Crippen LogP contribution in [-0.2, 0) is 16.1 Å². The maximum absolute atomic E-state index is 12.8. The Morgan fingerprint density at radius 2 is 1.96 bits per heavy atom. The molecule has 0 saturated carbocycles. The van der Waals surface area contributed by atoms with E-state index in [1.165, 1.54) is 15.8 Å². The largest absolute Gasteiger partial charge is 0.462 e. The highest BCUT2D eigenvalue weighted by molar-refractivity contribution is 7.20. The molecule has 1 amide bonds. The van der Waals surface area contributed by atoms with Crippen molar-refractivity contribution in [2.24, 2.45) is 0 Å². The van der Waals surface area contributed by atoms with Gasteiger partial charge in [-0.05, 0) is 31.5 Å². The second kappa shape index (κ2) is 7.71. The van der Waals surface area contributed by atoms with E-state index in [1.807, 2.05) is 30.3 Å². The summed E-state index contributed by atoms with van der Waals surface area (Å²) < 4.78 is 6.29. The SMILES string of the molecule is CCOC(=O)c1sc2ncn(CC(=O)N(C)c3ccccc3)c(=O)c2c1C. The summed E-state index contributed by atoms with van der Waals surface area (Å²) in [6.07, 6.45) is 1.34. The Morgan fingerprint density at radius 1 is 1.26 bits per heavy atom. The van der Waals surface area contributed by atoms with Crippen LogP contribution in [0.5, 0.6) is 0 Å². The number of nitrogens with zero attached hydrogens (tertiary/aromatic N) is 3. The van der Waals surface area contributed by atoms with E-state index in [4.69, 9.17) is 4.74 Å². The Hall–Kier alpha value is -3.00. The molecule has 0 aliphatic heterocycles. The standard InChI is InChI=1S/C19H19N3O4S/c1-4-26-19(25)16-12(2)15-17(27-16)20-11-22(18(15)24)10-14(23)21(3)13-8-6-5-7-9-13/h5-9,11H,4,10H2,1-3H3. The molecule has 140 valence electrons. The molecule has 7 nitrogen and oxygen atoms in total. The average Bonchev–Trinajstić information content (AvgIpc) is 3.01. The summed E-state index contributed by atoms with van der Waals surface area (Å²) in [5, 5.41) is 0.348. The maximum Gasteiger partial charge on any atom is 0.348 e. The Kier molecular flexibility index (Phi) is 5.36. The lowest BCUT2D eigenvalue weighted by molar-refractivity contribution is -0.118. The predicted octanol–water partition coefficient (Wildman–Crippen LogP) is 2.61. The number of para-hydroxylation sites is 1. The first-order valence-electron chi connectivity index (χ1n) is 8.41. The third-order valence-electron chi connectivity index (χ3n) is 4.20. The van der Waals surface area contributed by atoms with Crippen LogP contribution in [0.3, 0.4) is 0 Å². The van der Waals surface area contributed by atoms with Gasteiger partial charge in [-0.25, -0.2) is 9.78 Å². The van der Waals surface area contributed by atoms with E-state index in [1.54, 1.807) is 20.9 Å². The lowest BCUT2D eigenvalue weighted by atomic mass is 10.2. The van der Waals surface area contributed by atoms with Crippen LogP contribution in [0.25, 0.3) is 10.2 Å². The van der Waals surface area contributed by atoms with E-state index in [-0.39, 0.29) is 24.6 Å². The number of ether oxygens (including phenoxy) is 1. The van der Waals surface area contributed by atoms with Crippen molar-refractivity contribution in [3.05, 3.63) is 57.5 Å². The van der Waals surface area contributed by atoms with Crippen LogP contribution in [-0.4, -0.2) is 35.1 Å². The first kappa shape index (κ1) is 18.8. The van der Waals surface area contributed by atoms with Gasteiger partial charge in [0.1, 0.15) is 16.3 Å². The van der Waals surface area contributed by atoms with Gasteiger partial charge in [-0.2, -0.15) is 0 Å². The van der Waals surface area contributed by atoms with Crippen LogP contribution in [0.2, 0.25) is 0 Å². The van der Waals surface area contributed by atoms with Crippen molar-refractivity contribution in [3.8, 4) is 0 Å². The number of carbonyl (C=O) groups excluding carboxylic acids is 2. The molecule has 0 bridgehead atoms. The average molecular weight is 385 g/mol. The Bertz CT molecular complexity index is 1060. The van der Waals surface area contributed by atoms with Crippen LogP contribution < -0.4 is 10.5 Å². The highest BCUT2D eigenvalue weighted by Crippen LogP contribution is 2.27.